The molecule has 3 rings (SSSR count). The molecule has 1 saturated heterocycles. The predicted octanol–water partition coefficient (Wildman–Crippen LogP) is 2.33. The Labute approximate surface area is 122 Å². The summed E-state index contributed by atoms with van der Waals surface area (Å²) in [6.45, 7) is 9.71. The van der Waals surface area contributed by atoms with Gasteiger partial charge in [-0.1, -0.05) is 19.1 Å². The molecule has 2 aliphatic rings. The molecule has 1 aromatic rings. The minimum absolute atomic E-state index is 0.431. The summed E-state index contributed by atoms with van der Waals surface area (Å²) in [6, 6.07) is 8.56. The van der Waals surface area contributed by atoms with E-state index in [1.54, 1.807) is 0 Å². The summed E-state index contributed by atoms with van der Waals surface area (Å²) in [7, 11) is 0. The molecule has 0 spiro atoms. The molecule has 3 heteroatoms. The van der Waals surface area contributed by atoms with Crippen molar-refractivity contribution in [2.24, 2.45) is 0 Å². The maximum Gasteiger partial charge on any atom is 0.0314 e. The Balaban J connectivity index is 1.57. The second kappa shape index (κ2) is 5.74. The van der Waals surface area contributed by atoms with E-state index in [2.05, 4.69) is 41.0 Å². The fraction of sp³-hybridized carbons (Fsp3) is 0.647. The summed E-state index contributed by atoms with van der Waals surface area (Å²) in [5.74, 6) is 0. The van der Waals surface area contributed by atoms with Gasteiger partial charge in [0.1, 0.15) is 0 Å². The maximum atomic E-state index is 5.80. The molecule has 0 radical (unpaired) electrons. The second-order valence-corrected chi connectivity index (χ2v) is 6.52. The van der Waals surface area contributed by atoms with Gasteiger partial charge in [0, 0.05) is 43.8 Å². The first-order chi connectivity index (χ1) is 9.72. The summed E-state index contributed by atoms with van der Waals surface area (Å²) in [6.07, 6.45) is 3.95. The van der Waals surface area contributed by atoms with Crippen LogP contribution in [-0.4, -0.2) is 49.1 Å². The first-order valence-corrected chi connectivity index (χ1v) is 8.03. The molecule has 1 aromatic carbocycles. The van der Waals surface area contributed by atoms with Crippen LogP contribution in [0.15, 0.2) is 24.3 Å². The Morgan fingerprint density at radius 3 is 2.15 bits per heavy atom. The molecule has 1 saturated carbocycles. The van der Waals surface area contributed by atoms with Gasteiger partial charge in [-0.3, -0.25) is 4.90 Å². The molecule has 1 aliphatic carbocycles. The molecule has 0 atom stereocenters. The van der Waals surface area contributed by atoms with Crippen LogP contribution < -0.4 is 5.73 Å². The number of benzene rings is 1. The van der Waals surface area contributed by atoms with Gasteiger partial charge in [0.15, 0.2) is 0 Å². The first-order valence-electron chi connectivity index (χ1n) is 8.03. The molecule has 3 nitrogen and oxygen atoms in total. The van der Waals surface area contributed by atoms with Gasteiger partial charge in [-0.15, -0.1) is 0 Å². The Morgan fingerprint density at radius 1 is 1.00 bits per heavy atom. The second-order valence-electron chi connectivity index (χ2n) is 6.52. The van der Waals surface area contributed by atoms with E-state index in [-0.39, 0.29) is 0 Å². The van der Waals surface area contributed by atoms with Crippen molar-refractivity contribution in [3.63, 3.8) is 0 Å². The highest BCUT2D eigenvalue weighted by Gasteiger charge is 2.45. The summed E-state index contributed by atoms with van der Waals surface area (Å²) < 4.78 is 0. The van der Waals surface area contributed by atoms with E-state index < -0.39 is 0 Å². The van der Waals surface area contributed by atoms with Crippen LogP contribution in [-0.2, 0) is 5.41 Å². The molecule has 110 valence electrons. The molecule has 2 N–H and O–H groups in total. The van der Waals surface area contributed by atoms with Crippen LogP contribution in [0.3, 0.4) is 0 Å². The number of rotatable bonds is 5. The molecule has 2 fully saturated rings. The monoisotopic (exact) mass is 273 g/mol. The van der Waals surface area contributed by atoms with Crippen LogP contribution in [0.5, 0.6) is 0 Å². The standard InChI is InChI=1S/C17H27N3/c1-2-9-19-10-12-20(13-11-19)14-17(7-8-17)15-3-5-16(18)6-4-15/h3-6H,2,7-14,18H2,1H3. The van der Waals surface area contributed by atoms with Crippen molar-refractivity contribution >= 4 is 5.69 Å². The molecule has 20 heavy (non-hydrogen) atoms. The summed E-state index contributed by atoms with van der Waals surface area (Å²) in [5, 5.41) is 0. The number of nitrogen functional groups attached to an aromatic ring is 1. The van der Waals surface area contributed by atoms with Crippen molar-refractivity contribution in [3.8, 4) is 0 Å². The lowest BCUT2D eigenvalue weighted by molar-refractivity contribution is 0.124. The van der Waals surface area contributed by atoms with E-state index >= 15 is 0 Å². The molecule has 1 heterocycles. The zero-order valence-electron chi connectivity index (χ0n) is 12.6. The van der Waals surface area contributed by atoms with Gasteiger partial charge in [-0.25, -0.2) is 0 Å². The van der Waals surface area contributed by atoms with Crippen LogP contribution >= 0.6 is 0 Å². The maximum absolute atomic E-state index is 5.80. The minimum atomic E-state index is 0.431. The van der Waals surface area contributed by atoms with Crippen molar-refractivity contribution in [3.05, 3.63) is 29.8 Å². The van der Waals surface area contributed by atoms with Gasteiger partial charge >= 0.3 is 0 Å². The van der Waals surface area contributed by atoms with E-state index in [0.717, 1.165) is 5.69 Å². The van der Waals surface area contributed by atoms with Crippen molar-refractivity contribution in [2.45, 2.75) is 31.6 Å². The number of piperazine rings is 1. The fourth-order valence-electron chi connectivity index (χ4n) is 3.44. The van der Waals surface area contributed by atoms with Crippen LogP contribution in [0, 0.1) is 0 Å². The van der Waals surface area contributed by atoms with Gasteiger partial charge in [-0.05, 0) is 43.5 Å². The Kier molecular flexibility index (Phi) is 3.99. The number of nitrogens with two attached hydrogens (primary N) is 1. The minimum Gasteiger partial charge on any atom is -0.399 e. The number of hydrogen-bond donors (Lipinski definition) is 1. The molecule has 0 amide bonds. The van der Waals surface area contributed by atoms with Crippen molar-refractivity contribution < 1.29 is 0 Å². The van der Waals surface area contributed by atoms with Crippen molar-refractivity contribution in [1.29, 1.82) is 0 Å². The Hall–Kier alpha value is -1.06. The van der Waals surface area contributed by atoms with E-state index in [0.29, 0.717) is 5.41 Å². The quantitative estimate of drug-likeness (QED) is 0.836. The fourth-order valence-corrected chi connectivity index (χ4v) is 3.44. The molecular weight excluding hydrogens is 246 g/mol. The van der Waals surface area contributed by atoms with Crippen LogP contribution in [0.25, 0.3) is 0 Å². The average Bonchev–Trinajstić information content (AvgIpc) is 3.23. The van der Waals surface area contributed by atoms with E-state index in [4.69, 9.17) is 5.73 Å². The largest absolute Gasteiger partial charge is 0.399 e. The summed E-state index contributed by atoms with van der Waals surface area (Å²) in [4.78, 5) is 5.26. The lowest BCUT2D eigenvalue weighted by Gasteiger charge is -2.36. The summed E-state index contributed by atoms with van der Waals surface area (Å²) in [5.41, 5.74) is 8.60. The topological polar surface area (TPSA) is 32.5 Å². The van der Waals surface area contributed by atoms with Gasteiger partial charge in [0.2, 0.25) is 0 Å². The first kappa shape index (κ1) is 13.9. The van der Waals surface area contributed by atoms with E-state index in [1.807, 2.05) is 0 Å². The van der Waals surface area contributed by atoms with Gasteiger partial charge < -0.3 is 10.6 Å². The van der Waals surface area contributed by atoms with Crippen molar-refractivity contribution in [2.75, 3.05) is 45.0 Å². The lowest BCUT2D eigenvalue weighted by atomic mass is 9.95. The third-order valence-corrected chi connectivity index (χ3v) is 4.91. The van der Waals surface area contributed by atoms with E-state index in [1.165, 1.54) is 64.1 Å². The Bertz CT molecular complexity index is 428. The average molecular weight is 273 g/mol. The van der Waals surface area contributed by atoms with Gasteiger partial charge in [-0.2, -0.15) is 0 Å². The third-order valence-electron chi connectivity index (χ3n) is 4.91. The van der Waals surface area contributed by atoms with Gasteiger partial charge in [0.05, 0.1) is 0 Å². The third kappa shape index (κ3) is 2.99. The number of hydrogen-bond acceptors (Lipinski definition) is 3. The van der Waals surface area contributed by atoms with E-state index in [9.17, 15) is 0 Å². The highest BCUT2D eigenvalue weighted by atomic mass is 15.3. The Morgan fingerprint density at radius 2 is 1.60 bits per heavy atom. The predicted molar refractivity (Wildman–Crippen MR) is 84.9 cm³/mol. The molecule has 1 aliphatic heterocycles. The SMILES string of the molecule is CCCN1CCN(CC2(c3ccc(N)cc3)CC2)CC1. The van der Waals surface area contributed by atoms with Gasteiger partial charge in [0.25, 0.3) is 0 Å². The highest BCUT2D eigenvalue weighted by molar-refractivity contribution is 5.43. The lowest BCUT2D eigenvalue weighted by Crippen LogP contribution is -2.48. The smallest absolute Gasteiger partial charge is 0.0314 e. The zero-order chi connectivity index (χ0) is 14.0. The molecular formula is C17H27N3. The van der Waals surface area contributed by atoms with Crippen LogP contribution in [0.2, 0.25) is 0 Å². The molecule has 0 aromatic heterocycles. The number of nitrogens with zero attached hydrogens (tertiary/aromatic N) is 2. The normalized spacial score (nSPS) is 22.9. The molecule has 0 unspecified atom stereocenters. The van der Waals surface area contributed by atoms with Crippen LogP contribution in [0.4, 0.5) is 5.69 Å². The van der Waals surface area contributed by atoms with Crippen LogP contribution in [0.1, 0.15) is 31.7 Å². The molecule has 0 bridgehead atoms. The highest BCUT2D eigenvalue weighted by Crippen LogP contribution is 2.48. The zero-order valence-corrected chi connectivity index (χ0v) is 12.6. The number of anilines is 1. The summed E-state index contributed by atoms with van der Waals surface area (Å²) >= 11 is 0. The van der Waals surface area contributed by atoms with Crippen molar-refractivity contribution in [1.82, 2.24) is 9.80 Å².